The van der Waals surface area contributed by atoms with Gasteiger partial charge in [-0.3, -0.25) is 4.79 Å². The summed E-state index contributed by atoms with van der Waals surface area (Å²) in [6.07, 6.45) is 3.76. The van der Waals surface area contributed by atoms with Crippen molar-refractivity contribution >= 4 is 5.78 Å². The van der Waals surface area contributed by atoms with Gasteiger partial charge in [-0.1, -0.05) is 54.1 Å². The molecule has 0 saturated carbocycles. The zero-order valence-electron chi connectivity index (χ0n) is 14.3. The van der Waals surface area contributed by atoms with Crippen molar-refractivity contribution in [1.29, 1.82) is 0 Å². The molecule has 2 rings (SSSR count). The van der Waals surface area contributed by atoms with Crippen LogP contribution in [0.3, 0.4) is 0 Å². The summed E-state index contributed by atoms with van der Waals surface area (Å²) in [6, 6.07) is 18.5. The molecule has 0 aromatic heterocycles. The third-order valence-electron chi connectivity index (χ3n) is 4.16. The predicted molar refractivity (Wildman–Crippen MR) is 97.0 cm³/mol. The summed E-state index contributed by atoms with van der Waals surface area (Å²) in [5.41, 5.74) is 3.38. The van der Waals surface area contributed by atoms with Crippen molar-refractivity contribution in [3.8, 4) is 0 Å². The lowest BCUT2D eigenvalue weighted by Crippen LogP contribution is -2.22. The van der Waals surface area contributed by atoms with Crippen molar-refractivity contribution in [2.24, 2.45) is 0 Å². The molecule has 0 bridgehead atoms. The maximum absolute atomic E-state index is 12.1. The van der Waals surface area contributed by atoms with Crippen LogP contribution in [0.25, 0.3) is 0 Å². The highest BCUT2D eigenvalue weighted by Gasteiger charge is 2.06. The van der Waals surface area contributed by atoms with Crippen LogP contribution in [0.5, 0.6) is 0 Å². The van der Waals surface area contributed by atoms with Crippen LogP contribution in [0.1, 0.15) is 40.7 Å². The molecule has 23 heavy (non-hydrogen) atoms. The molecule has 0 spiro atoms. The van der Waals surface area contributed by atoms with Crippen molar-refractivity contribution in [2.75, 3.05) is 20.1 Å². The quantitative estimate of drug-likeness (QED) is 0.501. The Kier molecular flexibility index (Phi) is 7.02. The second kappa shape index (κ2) is 9.26. The lowest BCUT2D eigenvalue weighted by Gasteiger charge is -2.16. The molecular formula is C21H27NO. The fraction of sp³-hybridized carbons (Fsp3) is 0.381. The molecule has 0 aliphatic rings. The average molecular weight is 309 g/mol. The molecule has 0 saturated heterocycles. The standard InChI is InChI=1S/C21H27NO/c1-18-9-8-12-20(17-18)21(23)13-6-7-15-22(2)16-14-19-10-4-3-5-11-19/h3-5,8-12,17H,6-7,13-16H2,1-2H3. The summed E-state index contributed by atoms with van der Waals surface area (Å²) in [5.74, 6) is 0.264. The molecular weight excluding hydrogens is 282 g/mol. The first-order valence-corrected chi connectivity index (χ1v) is 8.47. The maximum atomic E-state index is 12.1. The number of rotatable bonds is 9. The van der Waals surface area contributed by atoms with E-state index in [1.165, 1.54) is 5.56 Å². The maximum Gasteiger partial charge on any atom is 0.162 e. The molecule has 2 aromatic carbocycles. The molecule has 2 aromatic rings. The number of likely N-dealkylation sites (N-methyl/N-ethyl adjacent to an activating group) is 1. The van der Waals surface area contributed by atoms with E-state index in [9.17, 15) is 4.79 Å². The van der Waals surface area contributed by atoms with E-state index in [1.807, 2.05) is 31.2 Å². The van der Waals surface area contributed by atoms with E-state index in [4.69, 9.17) is 0 Å². The molecule has 0 N–H and O–H groups in total. The number of unbranched alkanes of at least 4 members (excludes halogenated alkanes) is 1. The van der Waals surface area contributed by atoms with Gasteiger partial charge in [-0.2, -0.15) is 0 Å². The Labute approximate surface area is 140 Å². The Morgan fingerprint density at radius 2 is 1.74 bits per heavy atom. The van der Waals surface area contributed by atoms with Crippen molar-refractivity contribution in [1.82, 2.24) is 4.90 Å². The monoisotopic (exact) mass is 309 g/mol. The molecule has 0 amide bonds. The zero-order chi connectivity index (χ0) is 16.5. The largest absolute Gasteiger partial charge is 0.306 e. The number of hydrogen-bond acceptors (Lipinski definition) is 2. The van der Waals surface area contributed by atoms with Crippen molar-refractivity contribution in [3.05, 3.63) is 71.3 Å². The second-order valence-electron chi connectivity index (χ2n) is 6.29. The summed E-state index contributed by atoms with van der Waals surface area (Å²) < 4.78 is 0. The Hall–Kier alpha value is -1.93. The molecule has 2 heteroatoms. The van der Waals surface area contributed by atoms with Gasteiger partial charge in [0.05, 0.1) is 0 Å². The minimum atomic E-state index is 0.264. The van der Waals surface area contributed by atoms with Crippen molar-refractivity contribution < 1.29 is 4.79 Å². The molecule has 122 valence electrons. The molecule has 0 heterocycles. The van der Waals surface area contributed by atoms with Crippen LogP contribution in [-0.4, -0.2) is 30.8 Å². The van der Waals surface area contributed by atoms with Gasteiger partial charge in [-0.05, 0) is 51.4 Å². The van der Waals surface area contributed by atoms with Gasteiger partial charge in [0.2, 0.25) is 0 Å². The molecule has 0 aliphatic carbocycles. The summed E-state index contributed by atoms with van der Waals surface area (Å²) in [4.78, 5) is 14.5. The van der Waals surface area contributed by atoms with Crippen LogP contribution >= 0.6 is 0 Å². The first-order chi connectivity index (χ1) is 11.1. The topological polar surface area (TPSA) is 20.3 Å². The number of ketones is 1. The van der Waals surface area contributed by atoms with Gasteiger partial charge in [-0.15, -0.1) is 0 Å². The Bertz CT molecular complexity index is 606. The SMILES string of the molecule is Cc1cccc(C(=O)CCCCN(C)CCc2ccccc2)c1. The van der Waals surface area contributed by atoms with Gasteiger partial charge >= 0.3 is 0 Å². The van der Waals surface area contributed by atoms with Gasteiger partial charge in [0.1, 0.15) is 0 Å². The third-order valence-corrected chi connectivity index (χ3v) is 4.16. The van der Waals surface area contributed by atoms with E-state index < -0.39 is 0 Å². The normalized spacial score (nSPS) is 10.9. The van der Waals surface area contributed by atoms with Crippen molar-refractivity contribution in [3.63, 3.8) is 0 Å². The van der Waals surface area contributed by atoms with Crippen LogP contribution in [0.2, 0.25) is 0 Å². The summed E-state index contributed by atoms with van der Waals surface area (Å²) in [7, 11) is 2.16. The average Bonchev–Trinajstić information content (AvgIpc) is 2.57. The number of hydrogen-bond donors (Lipinski definition) is 0. The van der Waals surface area contributed by atoms with E-state index in [1.54, 1.807) is 0 Å². The minimum Gasteiger partial charge on any atom is -0.306 e. The van der Waals surface area contributed by atoms with Crippen LogP contribution in [0, 0.1) is 6.92 Å². The van der Waals surface area contributed by atoms with E-state index in [-0.39, 0.29) is 5.78 Å². The first kappa shape index (κ1) is 17.4. The van der Waals surface area contributed by atoms with Gasteiger partial charge in [0, 0.05) is 18.5 Å². The summed E-state index contributed by atoms with van der Waals surface area (Å²) >= 11 is 0. The molecule has 0 atom stereocenters. The number of Topliss-reactive ketones (excluding diaryl/α,β-unsaturated/α-hetero) is 1. The first-order valence-electron chi connectivity index (χ1n) is 8.47. The van der Waals surface area contributed by atoms with E-state index in [0.29, 0.717) is 6.42 Å². The van der Waals surface area contributed by atoms with Crippen LogP contribution in [0.4, 0.5) is 0 Å². The summed E-state index contributed by atoms with van der Waals surface area (Å²) in [5, 5.41) is 0. The highest BCUT2D eigenvalue weighted by molar-refractivity contribution is 5.96. The Morgan fingerprint density at radius 1 is 0.957 bits per heavy atom. The number of carbonyl (C=O) groups excluding carboxylic acids is 1. The molecule has 0 radical (unpaired) electrons. The fourth-order valence-corrected chi connectivity index (χ4v) is 2.71. The zero-order valence-corrected chi connectivity index (χ0v) is 14.3. The second-order valence-corrected chi connectivity index (χ2v) is 6.29. The van der Waals surface area contributed by atoms with Crippen LogP contribution < -0.4 is 0 Å². The molecule has 2 nitrogen and oxygen atoms in total. The number of benzene rings is 2. The Balaban J connectivity index is 1.62. The summed E-state index contributed by atoms with van der Waals surface area (Å²) in [6.45, 7) is 4.14. The molecule has 0 fully saturated rings. The van der Waals surface area contributed by atoms with E-state index in [0.717, 1.165) is 43.5 Å². The smallest absolute Gasteiger partial charge is 0.162 e. The van der Waals surface area contributed by atoms with Crippen LogP contribution in [-0.2, 0) is 6.42 Å². The highest BCUT2D eigenvalue weighted by Crippen LogP contribution is 2.10. The van der Waals surface area contributed by atoms with E-state index in [2.05, 4.69) is 42.3 Å². The van der Waals surface area contributed by atoms with Gasteiger partial charge in [0.15, 0.2) is 5.78 Å². The highest BCUT2D eigenvalue weighted by atomic mass is 16.1. The van der Waals surface area contributed by atoms with Gasteiger partial charge in [0.25, 0.3) is 0 Å². The van der Waals surface area contributed by atoms with Crippen molar-refractivity contribution in [2.45, 2.75) is 32.6 Å². The molecule has 0 aliphatic heterocycles. The fourth-order valence-electron chi connectivity index (χ4n) is 2.71. The molecule has 0 unspecified atom stereocenters. The van der Waals surface area contributed by atoms with E-state index >= 15 is 0 Å². The van der Waals surface area contributed by atoms with Crippen LogP contribution in [0.15, 0.2) is 54.6 Å². The lowest BCUT2D eigenvalue weighted by atomic mass is 10.0. The number of nitrogens with zero attached hydrogens (tertiary/aromatic N) is 1. The number of carbonyl (C=O) groups is 1. The Morgan fingerprint density at radius 3 is 2.48 bits per heavy atom. The number of aryl methyl sites for hydroxylation is 1. The predicted octanol–water partition coefficient (Wildman–Crippen LogP) is 4.52. The van der Waals surface area contributed by atoms with Gasteiger partial charge < -0.3 is 4.90 Å². The van der Waals surface area contributed by atoms with Gasteiger partial charge in [-0.25, -0.2) is 0 Å². The third kappa shape index (κ3) is 6.37. The minimum absolute atomic E-state index is 0.264. The lowest BCUT2D eigenvalue weighted by molar-refractivity contribution is 0.0978.